The van der Waals surface area contributed by atoms with E-state index in [0.29, 0.717) is 12.2 Å². The van der Waals surface area contributed by atoms with Crippen LogP contribution in [0.25, 0.3) is 0 Å². The number of nitrogens with one attached hydrogen (secondary N) is 1. The Morgan fingerprint density at radius 1 is 1.07 bits per heavy atom. The fraction of sp³-hybridized carbons (Fsp3) is 0.217. The van der Waals surface area contributed by atoms with Crippen LogP contribution in [0.3, 0.4) is 0 Å². The molecule has 0 spiro atoms. The molecule has 0 saturated heterocycles. The molecule has 28 heavy (non-hydrogen) atoms. The maximum Gasteiger partial charge on any atom is 0.276 e. The first-order valence-electron chi connectivity index (χ1n) is 9.41. The van der Waals surface area contributed by atoms with E-state index >= 15 is 0 Å². The van der Waals surface area contributed by atoms with Crippen LogP contribution in [-0.4, -0.2) is 31.1 Å². The third-order valence-electron chi connectivity index (χ3n) is 4.51. The van der Waals surface area contributed by atoms with Gasteiger partial charge in [0.15, 0.2) is 0 Å². The zero-order valence-corrected chi connectivity index (χ0v) is 16.3. The number of rotatable bonds is 8. The number of para-hydroxylation sites is 1. The molecule has 1 N–H and O–H groups in total. The molecule has 0 unspecified atom stereocenters. The van der Waals surface area contributed by atoms with Crippen LogP contribution in [-0.2, 0) is 6.42 Å². The van der Waals surface area contributed by atoms with Crippen LogP contribution in [0, 0.1) is 0 Å². The molecule has 0 aliphatic rings. The van der Waals surface area contributed by atoms with Gasteiger partial charge in [0, 0.05) is 30.7 Å². The van der Waals surface area contributed by atoms with Crippen LogP contribution < -0.4 is 15.0 Å². The summed E-state index contributed by atoms with van der Waals surface area (Å²) >= 11 is 0. The number of pyridine rings is 1. The van der Waals surface area contributed by atoms with Gasteiger partial charge in [0.05, 0.1) is 7.11 Å². The number of amides is 1. The smallest absolute Gasteiger partial charge is 0.276 e. The first-order valence-corrected chi connectivity index (χ1v) is 9.41. The Labute approximate surface area is 166 Å². The lowest BCUT2D eigenvalue weighted by atomic mass is 10.1. The fourth-order valence-electron chi connectivity index (χ4n) is 2.99. The SMILES string of the molecule is CCN(C(=O)c1cc(NCCc2ccc(OC)cc2)ccn1)c1ccccc1. The standard InChI is InChI=1S/C23H25N3O2/c1-3-26(20-7-5-4-6-8-20)23(27)22-17-19(14-16-25-22)24-15-13-18-9-11-21(28-2)12-10-18/h4-12,14,16-17H,3,13,15H2,1-2H3,(H,24,25). The average Bonchev–Trinajstić information content (AvgIpc) is 2.76. The van der Waals surface area contributed by atoms with Gasteiger partial charge in [0.1, 0.15) is 11.4 Å². The lowest BCUT2D eigenvalue weighted by Gasteiger charge is -2.20. The third kappa shape index (κ3) is 4.88. The predicted octanol–water partition coefficient (Wildman–Crippen LogP) is 4.41. The average molecular weight is 375 g/mol. The highest BCUT2D eigenvalue weighted by atomic mass is 16.5. The second-order valence-corrected chi connectivity index (χ2v) is 6.34. The molecular formula is C23H25N3O2. The number of ether oxygens (including phenoxy) is 1. The molecule has 5 heteroatoms. The Balaban J connectivity index is 1.63. The van der Waals surface area contributed by atoms with Crippen molar-refractivity contribution >= 4 is 17.3 Å². The third-order valence-corrected chi connectivity index (χ3v) is 4.51. The van der Waals surface area contributed by atoms with Gasteiger partial charge in [0.25, 0.3) is 5.91 Å². The van der Waals surface area contributed by atoms with E-state index in [4.69, 9.17) is 4.74 Å². The van der Waals surface area contributed by atoms with Crippen LogP contribution in [0.2, 0.25) is 0 Å². The van der Waals surface area contributed by atoms with Crippen molar-refractivity contribution in [1.82, 2.24) is 4.98 Å². The molecule has 1 aromatic heterocycles. The summed E-state index contributed by atoms with van der Waals surface area (Å²) in [6.07, 6.45) is 2.54. The van der Waals surface area contributed by atoms with Gasteiger partial charge >= 0.3 is 0 Å². The summed E-state index contributed by atoms with van der Waals surface area (Å²) in [5, 5.41) is 3.37. The minimum atomic E-state index is -0.104. The summed E-state index contributed by atoms with van der Waals surface area (Å²) in [5.41, 5.74) is 3.41. The van der Waals surface area contributed by atoms with Gasteiger partial charge in [-0.1, -0.05) is 30.3 Å². The van der Waals surface area contributed by atoms with Gasteiger partial charge in [-0.3, -0.25) is 9.78 Å². The van der Waals surface area contributed by atoms with Gasteiger partial charge in [-0.15, -0.1) is 0 Å². The first-order chi connectivity index (χ1) is 13.7. The van der Waals surface area contributed by atoms with E-state index in [2.05, 4.69) is 22.4 Å². The van der Waals surface area contributed by atoms with E-state index < -0.39 is 0 Å². The normalized spacial score (nSPS) is 10.4. The predicted molar refractivity (Wildman–Crippen MR) is 113 cm³/mol. The summed E-state index contributed by atoms with van der Waals surface area (Å²) in [7, 11) is 1.66. The first kappa shape index (κ1) is 19.4. The van der Waals surface area contributed by atoms with Gasteiger partial charge in [0.2, 0.25) is 0 Å². The molecule has 0 radical (unpaired) electrons. The van der Waals surface area contributed by atoms with E-state index in [9.17, 15) is 4.79 Å². The fourth-order valence-corrected chi connectivity index (χ4v) is 2.99. The van der Waals surface area contributed by atoms with Crippen molar-refractivity contribution < 1.29 is 9.53 Å². The molecule has 144 valence electrons. The van der Waals surface area contributed by atoms with Crippen LogP contribution in [0.1, 0.15) is 23.0 Å². The van der Waals surface area contributed by atoms with Crippen molar-refractivity contribution in [3.05, 3.63) is 84.2 Å². The van der Waals surface area contributed by atoms with Gasteiger partial charge in [-0.25, -0.2) is 0 Å². The molecule has 0 atom stereocenters. The molecule has 0 fully saturated rings. The van der Waals surface area contributed by atoms with Crippen LogP contribution in [0.15, 0.2) is 72.9 Å². The van der Waals surface area contributed by atoms with E-state index in [-0.39, 0.29) is 5.91 Å². The minimum absolute atomic E-state index is 0.104. The topological polar surface area (TPSA) is 54.5 Å². The summed E-state index contributed by atoms with van der Waals surface area (Å²) < 4.78 is 5.18. The minimum Gasteiger partial charge on any atom is -0.497 e. The number of methoxy groups -OCH3 is 1. The van der Waals surface area contributed by atoms with Crippen molar-refractivity contribution in [2.75, 3.05) is 30.4 Å². The molecule has 0 saturated carbocycles. The quantitative estimate of drug-likeness (QED) is 0.634. The molecule has 3 aromatic rings. The number of benzene rings is 2. The molecule has 5 nitrogen and oxygen atoms in total. The second kappa shape index (κ2) is 9.55. The molecule has 0 bridgehead atoms. The van der Waals surface area contributed by atoms with Crippen molar-refractivity contribution in [2.24, 2.45) is 0 Å². The summed E-state index contributed by atoms with van der Waals surface area (Å²) in [5.74, 6) is 0.750. The number of hydrogen-bond acceptors (Lipinski definition) is 4. The molecule has 3 rings (SSSR count). The van der Waals surface area contributed by atoms with Crippen molar-refractivity contribution in [3.63, 3.8) is 0 Å². The van der Waals surface area contributed by atoms with Gasteiger partial charge in [-0.2, -0.15) is 0 Å². The Morgan fingerprint density at radius 2 is 1.82 bits per heavy atom. The second-order valence-electron chi connectivity index (χ2n) is 6.34. The lowest BCUT2D eigenvalue weighted by molar-refractivity contribution is 0.0983. The van der Waals surface area contributed by atoms with Crippen LogP contribution in [0.4, 0.5) is 11.4 Å². The Morgan fingerprint density at radius 3 is 2.50 bits per heavy atom. The molecule has 1 amide bonds. The Bertz CT molecular complexity index is 895. The number of carbonyl (C=O) groups excluding carboxylic acids is 1. The Kier molecular flexibility index (Phi) is 6.63. The number of nitrogens with zero attached hydrogens (tertiary/aromatic N) is 2. The zero-order valence-electron chi connectivity index (χ0n) is 16.3. The molecule has 2 aromatic carbocycles. The number of carbonyl (C=O) groups is 1. The molecule has 1 heterocycles. The van der Waals surface area contributed by atoms with E-state index in [1.54, 1.807) is 18.2 Å². The highest BCUT2D eigenvalue weighted by molar-refractivity contribution is 6.05. The lowest BCUT2D eigenvalue weighted by Crippen LogP contribution is -2.31. The summed E-state index contributed by atoms with van der Waals surface area (Å²) in [4.78, 5) is 18.9. The van der Waals surface area contributed by atoms with Crippen LogP contribution in [0.5, 0.6) is 5.75 Å². The number of aromatic nitrogens is 1. The van der Waals surface area contributed by atoms with Crippen LogP contribution >= 0.6 is 0 Å². The van der Waals surface area contributed by atoms with Gasteiger partial charge in [-0.05, 0) is 55.3 Å². The summed E-state index contributed by atoms with van der Waals surface area (Å²) in [6, 6.07) is 21.4. The molecule has 0 aliphatic carbocycles. The number of hydrogen-bond donors (Lipinski definition) is 1. The largest absolute Gasteiger partial charge is 0.497 e. The Hall–Kier alpha value is -3.34. The molecule has 0 aliphatic heterocycles. The monoisotopic (exact) mass is 375 g/mol. The van der Waals surface area contributed by atoms with Crippen molar-refractivity contribution in [2.45, 2.75) is 13.3 Å². The van der Waals surface area contributed by atoms with E-state index in [1.165, 1.54) is 5.56 Å². The summed E-state index contributed by atoms with van der Waals surface area (Å²) in [6.45, 7) is 3.31. The number of anilines is 2. The maximum atomic E-state index is 12.9. The molecular weight excluding hydrogens is 350 g/mol. The zero-order chi connectivity index (χ0) is 19.8. The highest BCUT2D eigenvalue weighted by Crippen LogP contribution is 2.18. The van der Waals surface area contributed by atoms with E-state index in [1.807, 2.05) is 61.5 Å². The van der Waals surface area contributed by atoms with Gasteiger partial charge < -0.3 is 15.0 Å². The van der Waals surface area contributed by atoms with Crippen molar-refractivity contribution in [3.8, 4) is 5.75 Å². The maximum absolute atomic E-state index is 12.9. The van der Waals surface area contributed by atoms with E-state index in [0.717, 1.165) is 30.1 Å². The highest BCUT2D eigenvalue weighted by Gasteiger charge is 2.17. The van der Waals surface area contributed by atoms with Crippen molar-refractivity contribution in [1.29, 1.82) is 0 Å².